The summed E-state index contributed by atoms with van der Waals surface area (Å²) in [4.78, 5) is 72.5. The molecule has 15 heteroatoms. The van der Waals surface area contributed by atoms with Gasteiger partial charge in [0.1, 0.15) is 36.1 Å². The molecule has 0 aliphatic carbocycles. The number of benzene rings is 4. The van der Waals surface area contributed by atoms with Crippen molar-refractivity contribution in [2.75, 3.05) is 27.3 Å². The zero-order valence-corrected chi connectivity index (χ0v) is 34.5. The zero-order chi connectivity index (χ0) is 42.4. The third-order valence-electron chi connectivity index (χ3n) is 12.2. The predicted octanol–water partition coefficient (Wildman–Crippen LogP) is 7.47. The van der Waals surface area contributed by atoms with E-state index in [2.05, 4.69) is 57.0 Å². The van der Waals surface area contributed by atoms with Gasteiger partial charge in [0, 0.05) is 29.4 Å². The molecule has 3 aliphatic heterocycles. The molecular weight excluding hydrogens is 777 g/mol. The molecule has 15 nitrogen and oxygen atoms in total. The van der Waals surface area contributed by atoms with Crippen LogP contribution in [0.3, 0.4) is 0 Å². The highest BCUT2D eigenvalue weighted by Crippen LogP contribution is 2.45. The van der Waals surface area contributed by atoms with E-state index in [1.165, 1.54) is 14.2 Å². The second kappa shape index (κ2) is 16.3. The molecule has 0 bridgehead atoms. The molecule has 2 aromatic heterocycles. The quantitative estimate of drug-likeness (QED) is 0.115. The number of fused-ring (bicyclic) bond motifs is 7. The molecule has 3 aliphatic rings. The number of aromatic amines is 2. The maximum atomic E-state index is 14.0. The van der Waals surface area contributed by atoms with Gasteiger partial charge in [-0.15, -0.1) is 0 Å². The lowest BCUT2D eigenvalue weighted by Gasteiger charge is -2.29. The summed E-state index contributed by atoms with van der Waals surface area (Å²) >= 11 is 0. The largest absolute Gasteiger partial charge is 0.488 e. The van der Waals surface area contributed by atoms with Crippen molar-refractivity contribution in [2.24, 2.45) is 5.92 Å². The first-order chi connectivity index (χ1) is 29.6. The Hall–Kier alpha value is -6.90. The smallest absolute Gasteiger partial charge is 0.407 e. The number of carbonyl (C=O) groups is 4. The minimum Gasteiger partial charge on any atom is -0.488 e. The van der Waals surface area contributed by atoms with Gasteiger partial charge in [-0.2, -0.15) is 0 Å². The van der Waals surface area contributed by atoms with E-state index in [0.29, 0.717) is 36.9 Å². The molecule has 2 fully saturated rings. The van der Waals surface area contributed by atoms with E-state index >= 15 is 0 Å². The summed E-state index contributed by atoms with van der Waals surface area (Å²) in [6.45, 7) is 5.29. The SMILES string of the molecule is COC(=O)N[C@H](C(=O)N1CCC[C@H]1c1nc2c(ccc3c4c(ccc32)-c2ccc(-c3cnc([C@H]5CCCN5C(=O)[C@H](NC(=O)OC)c5ccccc5)[nH]3)cc2CO4)[nH]1)C(C)C. The van der Waals surface area contributed by atoms with Crippen LogP contribution < -0.4 is 15.4 Å². The second-order valence-electron chi connectivity index (χ2n) is 16.2. The van der Waals surface area contributed by atoms with E-state index in [0.717, 1.165) is 81.2 Å². The minimum atomic E-state index is -0.894. The number of aromatic nitrogens is 4. The van der Waals surface area contributed by atoms with Gasteiger partial charge in [-0.1, -0.05) is 62.4 Å². The molecule has 4 aromatic carbocycles. The van der Waals surface area contributed by atoms with E-state index in [1.54, 1.807) is 11.1 Å². The van der Waals surface area contributed by atoms with Gasteiger partial charge in [-0.25, -0.2) is 19.6 Å². The Labute approximate surface area is 352 Å². The Balaban J connectivity index is 0.954. The van der Waals surface area contributed by atoms with Crippen LogP contribution in [0.1, 0.15) is 80.4 Å². The van der Waals surface area contributed by atoms with Crippen molar-refractivity contribution < 1.29 is 33.4 Å². The van der Waals surface area contributed by atoms with Crippen molar-refractivity contribution in [3.63, 3.8) is 0 Å². The standard InChI is InChI=1S/C46H48N8O7/c1-25(2)37(51-45(57)59-3)43(55)54-21-9-13-36(54)42-48-33-19-18-32-30(39(33)50-42)16-17-31-29-15-14-27(22-28(29)24-61-40(31)32)34-23-47-41(49-34)35-12-8-20-53(35)44(56)38(52-46(58)60-4)26-10-6-5-7-11-26/h5-7,10-11,14-19,22-23,25,35-38H,8-9,12-13,20-21,24H2,1-4H3,(H,47,49)(H,48,50)(H,51,57)(H,52,58)/t35-,36+,37+,38-/m1/s1. The average Bonchev–Trinajstić information content (AvgIpc) is 4.13. The van der Waals surface area contributed by atoms with Crippen molar-refractivity contribution in [1.82, 2.24) is 40.4 Å². The number of rotatable bonds is 9. The van der Waals surface area contributed by atoms with E-state index in [1.807, 2.05) is 55.1 Å². The van der Waals surface area contributed by atoms with Gasteiger partial charge in [0.05, 0.1) is 49.2 Å². The summed E-state index contributed by atoms with van der Waals surface area (Å²) in [6, 6.07) is 21.6. The predicted molar refractivity (Wildman–Crippen MR) is 227 cm³/mol. The van der Waals surface area contributed by atoms with Crippen LogP contribution in [-0.2, 0) is 25.7 Å². The molecule has 0 spiro atoms. The minimum absolute atomic E-state index is 0.126. The molecule has 4 N–H and O–H groups in total. The van der Waals surface area contributed by atoms with Crippen LogP contribution in [-0.4, -0.2) is 87.1 Å². The van der Waals surface area contributed by atoms with Crippen LogP contribution >= 0.6 is 0 Å². The number of alkyl carbamates (subject to hydrolysis) is 2. The molecule has 0 saturated carbocycles. The van der Waals surface area contributed by atoms with Gasteiger partial charge < -0.3 is 44.6 Å². The lowest BCUT2D eigenvalue weighted by atomic mass is 9.92. The third kappa shape index (κ3) is 7.27. The van der Waals surface area contributed by atoms with Crippen LogP contribution in [0.25, 0.3) is 44.2 Å². The number of ether oxygens (including phenoxy) is 3. The van der Waals surface area contributed by atoms with Crippen molar-refractivity contribution >= 4 is 45.8 Å². The first kappa shape index (κ1) is 39.6. The van der Waals surface area contributed by atoms with Crippen LogP contribution in [0.2, 0.25) is 0 Å². The number of hydrogen-bond acceptors (Lipinski definition) is 9. The van der Waals surface area contributed by atoms with Gasteiger partial charge >= 0.3 is 12.2 Å². The number of amides is 4. The fraction of sp³-hybridized carbons (Fsp3) is 0.348. The maximum absolute atomic E-state index is 14.0. The van der Waals surface area contributed by atoms with Gasteiger partial charge in [-0.3, -0.25) is 9.59 Å². The van der Waals surface area contributed by atoms with Crippen molar-refractivity contribution in [1.29, 1.82) is 0 Å². The molecule has 0 radical (unpaired) electrons. The Morgan fingerprint density at radius 3 is 2.21 bits per heavy atom. The number of nitrogens with zero attached hydrogens (tertiary/aromatic N) is 4. The van der Waals surface area contributed by atoms with Crippen molar-refractivity contribution in [3.05, 3.63) is 102 Å². The Morgan fingerprint density at radius 1 is 0.787 bits per heavy atom. The Bertz CT molecular complexity index is 2660. The summed E-state index contributed by atoms with van der Waals surface area (Å²) in [6.07, 6.45) is 3.62. The molecule has 9 rings (SSSR count). The molecule has 4 amide bonds. The third-order valence-corrected chi connectivity index (χ3v) is 12.2. The normalized spacial score (nSPS) is 18.0. The first-order valence-electron chi connectivity index (χ1n) is 20.7. The van der Waals surface area contributed by atoms with Crippen LogP contribution in [0, 0.1) is 5.92 Å². The molecule has 0 unspecified atom stereocenters. The number of imidazole rings is 2. The van der Waals surface area contributed by atoms with Crippen molar-refractivity contribution in [2.45, 2.75) is 70.3 Å². The number of hydrogen-bond donors (Lipinski definition) is 4. The van der Waals surface area contributed by atoms with E-state index in [4.69, 9.17) is 24.2 Å². The summed E-state index contributed by atoms with van der Waals surface area (Å²) < 4.78 is 16.2. The molecule has 6 aromatic rings. The highest BCUT2D eigenvalue weighted by Gasteiger charge is 2.39. The molecule has 61 heavy (non-hydrogen) atoms. The van der Waals surface area contributed by atoms with Gasteiger partial charge in [0.2, 0.25) is 5.91 Å². The summed E-state index contributed by atoms with van der Waals surface area (Å²) in [7, 11) is 2.57. The molecule has 2 saturated heterocycles. The van der Waals surface area contributed by atoms with Crippen molar-refractivity contribution in [3.8, 4) is 28.1 Å². The fourth-order valence-corrected chi connectivity index (χ4v) is 9.12. The van der Waals surface area contributed by atoms with Gasteiger partial charge in [0.15, 0.2) is 0 Å². The summed E-state index contributed by atoms with van der Waals surface area (Å²) in [5.74, 6) is 1.70. The van der Waals surface area contributed by atoms with E-state index in [9.17, 15) is 19.2 Å². The first-order valence-corrected chi connectivity index (χ1v) is 20.7. The number of methoxy groups -OCH3 is 2. The lowest BCUT2D eigenvalue weighted by molar-refractivity contribution is -0.135. The number of carbonyl (C=O) groups excluding carboxylic acids is 4. The summed E-state index contributed by atoms with van der Waals surface area (Å²) in [5, 5.41) is 7.33. The summed E-state index contributed by atoms with van der Waals surface area (Å²) in [5.41, 5.74) is 7.22. The van der Waals surface area contributed by atoms with Crippen LogP contribution in [0.15, 0.2) is 79.0 Å². The van der Waals surface area contributed by atoms with E-state index in [-0.39, 0.29) is 29.8 Å². The average molecular weight is 825 g/mol. The Kier molecular flexibility index (Phi) is 10.6. The lowest BCUT2D eigenvalue weighted by Crippen LogP contribution is -2.51. The fourth-order valence-electron chi connectivity index (χ4n) is 9.12. The molecule has 5 heterocycles. The Morgan fingerprint density at radius 2 is 1.48 bits per heavy atom. The highest BCUT2D eigenvalue weighted by atomic mass is 16.5. The number of H-pyrrole nitrogens is 2. The van der Waals surface area contributed by atoms with E-state index < -0.39 is 24.3 Å². The number of nitrogens with one attached hydrogen (secondary N) is 4. The molecule has 4 atom stereocenters. The van der Waals surface area contributed by atoms with Crippen LogP contribution in [0.5, 0.6) is 5.75 Å². The zero-order valence-electron chi connectivity index (χ0n) is 34.5. The highest BCUT2D eigenvalue weighted by molar-refractivity contribution is 6.09. The van der Waals surface area contributed by atoms with Crippen LogP contribution in [0.4, 0.5) is 9.59 Å². The topological polar surface area (TPSA) is 184 Å². The monoisotopic (exact) mass is 824 g/mol. The molecule has 314 valence electrons. The number of likely N-dealkylation sites (tertiary alicyclic amines) is 2. The van der Waals surface area contributed by atoms with Gasteiger partial charge in [0.25, 0.3) is 5.91 Å². The maximum Gasteiger partial charge on any atom is 0.407 e. The van der Waals surface area contributed by atoms with Gasteiger partial charge in [-0.05, 0) is 78.1 Å². The second-order valence-corrected chi connectivity index (χ2v) is 16.2. The molecular formula is C46H48N8O7.